The lowest BCUT2D eigenvalue weighted by atomic mass is 10.1. The number of nitrogens with zero attached hydrogens (tertiary/aromatic N) is 4. The van der Waals surface area contributed by atoms with Crippen molar-refractivity contribution in [2.45, 2.75) is 24.6 Å². The molecule has 0 aliphatic rings. The number of carbonyl (C=O) groups is 1. The van der Waals surface area contributed by atoms with Gasteiger partial charge in [0.05, 0.1) is 23.9 Å². The van der Waals surface area contributed by atoms with Crippen LogP contribution in [0.3, 0.4) is 0 Å². The molecular formula is C22H20N4O2S. The van der Waals surface area contributed by atoms with Crippen molar-refractivity contribution in [1.82, 2.24) is 19.7 Å². The molecule has 2 aromatic carbocycles. The van der Waals surface area contributed by atoms with Crippen LogP contribution in [0, 0.1) is 0 Å². The Morgan fingerprint density at radius 3 is 2.72 bits per heavy atom. The van der Waals surface area contributed by atoms with Crippen LogP contribution in [0.25, 0.3) is 16.7 Å². The van der Waals surface area contributed by atoms with Crippen molar-refractivity contribution in [3.05, 3.63) is 72.2 Å². The maximum Gasteiger partial charge on any atom is 0.167 e. The third kappa shape index (κ3) is 4.00. The van der Waals surface area contributed by atoms with Crippen molar-refractivity contribution in [3.8, 4) is 11.4 Å². The van der Waals surface area contributed by atoms with Gasteiger partial charge in [0.2, 0.25) is 0 Å². The summed E-state index contributed by atoms with van der Waals surface area (Å²) < 4.78 is 7.54. The summed E-state index contributed by atoms with van der Waals surface area (Å²) in [6.45, 7) is 4.08. The van der Waals surface area contributed by atoms with E-state index in [2.05, 4.69) is 15.1 Å². The minimum Gasteiger partial charge on any atom is -0.494 e. The maximum atomic E-state index is 11.8. The van der Waals surface area contributed by atoms with Crippen LogP contribution in [0.2, 0.25) is 0 Å². The van der Waals surface area contributed by atoms with Gasteiger partial charge in [0, 0.05) is 16.9 Å². The summed E-state index contributed by atoms with van der Waals surface area (Å²) in [6, 6.07) is 15.4. The molecule has 0 radical (unpaired) electrons. The summed E-state index contributed by atoms with van der Waals surface area (Å²) in [7, 11) is 0. The van der Waals surface area contributed by atoms with Gasteiger partial charge in [-0.15, -0.1) is 11.8 Å². The molecule has 7 heteroatoms. The average molecular weight is 404 g/mol. The molecule has 0 aliphatic heterocycles. The van der Waals surface area contributed by atoms with Crippen LogP contribution in [0.1, 0.15) is 29.8 Å². The van der Waals surface area contributed by atoms with Gasteiger partial charge in [-0.3, -0.25) is 4.79 Å². The van der Waals surface area contributed by atoms with Gasteiger partial charge >= 0.3 is 0 Å². The second kappa shape index (κ2) is 8.45. The van der Waals surface area contributed by atoms with Gasteiger partial charge in [-0.05, 0) is 44.2 Å². The van der Waals surface area contributed by atoms with Crippen LogP contribution in [0.5, 0.6) is 5.75 Å². The highest BCUT2D eigenvalue weighted by Gasteiger charge is 2.14. The fraction of sp³-hybridized carbons (Fsp3) is 0.182. The summed E-state index contributed by atoms with van der Waals surface area (Å²) in [5.74, 6) is 1.45. The van der Waals surface area contributed by atoms with Gasteiger partial charge in [-0.2, -0.15) is 5.10 Å². The molecule has 0 bridgehead atoms. The molecule has 2 aromatic heterocycles. The minimum atomic E-state index is 0.0351. The first-order chi connectivity index (χ1) is 14.2. The van der Waals surface area contributed by atoms with Crippen LogP contribution in [0.15, 0.2) is 66.1 Å². The fourth-order valence-corrected chi connectivity index (χ4v) is 3.99. The quantitative estimate of drug-likeness (QED) is 0.252. The Labute approximate surface area is 172 Å². The number of hydrogen-bond donors (Lipinski definition) is 0. The molecule has 0 aliphatic carbocycles. The van der Waals surface area contributed by atoms with E-state index in [0.29, 0.717) is 17.9 Å². The number of ether oxygens (including phenoxy) is 1. The van der Waals surface area contributed by atoms with Gasteiger partial charge < -0.3 is 4.74 Å². The van der Waals surface area contributed by atoms with E-state index in [4.69, 9.17) is 4.74 Å². The number of thioether (sulfide) groups is 1. The number of fused-ring (bicyclic) bond motifs is 1. The Bertz CT molecular complexity index is 1160. The lowest BCUT2D eigenvalue weighted by Crippen LogP contribution is -2.00. The molecular weight excluding hydrogens is 384 g/mol. The monoisotopic (exact) mass is 404 g/mol. The van der Waals surface area contributed by atoms with E-state index in [0.717, 1.165) is 33.1 Å². The molecule has 0 spiro atoms. The van der Waals surface area contributed by atoms with Gasteiger partial charge in [0.25, 0.3) is 0 Å². The minimum absolute atomic E-state index is 0.0351. The molecule has 4 rings (SSSR count). The maximum absolute atomic E-state index is 11.8. The smallest absolute Gasteiger partial charge is 0.167 e. The van der Waals surface area contributed by atoms with Crippen LogP contribution in [-0.4, -0.2) is 32.1 Å². The molecule has 146 valence electrons. The largest absolute Gasteiger partial charge is 0.494 e. The van der Waals surface area contributed by atoms with E-state index in [1.54, 1.807) is 37.3 Å². The van der Waals surface area contributed by atoms with Crippen molar-refractivity contribution < 1.29 is 9.53 Å². The second-order valence-electron chi connectivity index (χ2n) is 6.41. The molecule has 0 saturated heterocycles. The number of benzene rings is 2. The zero-order valence-electron chi connectivity index (χ0n) is 16.2. The second-order valence-corrected chi connectivity index (χ2v) is 7.37. The van der Waals surface area contributed by atoms with Gasteiger partial charge in [0.15, 0.2) is 11.4 Å². The van der Waals surface area contributed by atoms with E-state index >= 15 is 0 Å². The highest BCUT2D eigenvalue weighted by molar-refractivity contribution is 7.98. The SMILES string of the molecule is CCOc1ccc(C(C)=O)cc1CSc1ncnc2c1cnn2-c1ccccc1. The van der Waals surface area contributed by atoms with E-state index in [1.807, 2.05) is 54.1 Å². The van der Waals surface area contributed by atoms with Gasteiger partial charge in [-0.1, -0.05) is 18.2 Å². The number of hydrogen-bond acceptors (Lipinski definition) is 6. The van der Waals surface area contributed by atoms with E-state index in [1.165, 1.54) is 0 Å². The topological polar surface area (TPSA) is 69.9 Å². The fourth-order valence-electron chi connectivity index (χ4n) is 3.05. The molecule has 0 atom stereocenters. The molecule has 4 aromatic rings. The number of ketones is 1. The number of Topliss-reactive ketones (excluding diaryl/α,β-unsaturated/α-hetero) is 1. The first-order valence-corrected chi connectivity index (χ1v) is 10.3. The van der Waals surface area contributed by atoms with E-state index in [9.17, 15) is 4.79 Å². The predicted molar refractivity (Wildman–Crippen MR) is 114 cm³/mol. The molecule has 6 nitrogen and oxygen atoms in total. The Morgan fingerprint density at radius 1 is 1.14 bits per heavy atom. The average Bonchev–Trinajstić information content (AvgIpc) is 3.18. The molecule has 0 unspecified atom stereocenters. The van der Waals surface area contributed by atoms with E-state index in [-0.39, 0.29) is 5.78 Å². The lowest BCUT2D eigenvalue weighted by molar-refractivity contribution is 0.101. The Balaban J connectivity index is 1.65. The van der Waals surface area contributed by atoms with Gasteiger partial charge in [0.1, 0.15) is 17.1 Å². The summed E-state index contributed by atoms with van der Waals surface area (Å²) in [5, 5.41) is 6.23. The number of carbonyl (C=O) groups excluding carboxylic acids is 1. The van der Waals surface area contributed by atoms with Crippen LogP contribution in [0.4, 0.5) is 0 Å². The normalized spacial score (nSPS) is 11.0. The molecule has 0 N–H and O–H groups in total. The number of para-hydroxylation sites is 1. The van der Waals surface area contributed by atoms with Crippen molar-refractivity contribution >= 4 is 28.6 Å². The van der Waals surface area contributed by atoms with Crippen LogP contribution >= 0.6 is 11.8 Å². The van der Waals surface area contributed by atoms with Crippen molar-refractivity contribution in [1.29, 1.82) is 0 Å². The highest BCUT2D eigenvalue weighted by atomic mass is 32.2. The molecule has 0 saturated carbocycles. The predicted octanol–water partition coefficient (Wildman–Crippen LogP) is 4.71. The van der Waals surface area contributed by atoms with Gasteiger partial charge in [-0.25, -0.2) is 14.6 Å². The Hall–Kier alpha value is -3.19. The summed E-state index contributed by atoms with van der Waals surface area (Å²) in [6.07, 6.45) is 3.35. The molecule has 29 heavy (non-hydrogen) atoms. The zero-order chi connectivity index (χ0) is 20.2. The van der Waals surface area contributed by atoms with Crippen LogP contribution in [-0.2, 0) is 5.75 Å². The standard InChI is InChI=1S/C22H20N4O2S/c1-3-28-20-10-9-16(15(2)27)11-17(20)13-29-22-19-12-25-26(21(19)23-14-24-22)18-7-5-4-6-8-18/h4-12,14H,3,13H2,1-2H3. The highest BCUT2D eigenvalue weighted by Crippen LogP contribution is 2.32. The number of aromatic nitrogens is 4. The lowest BCUT2D eigenvalue weighted by Gasteiger charge is -2.11. The van der Waals surface area contributed by atoms with Crippen molar-refractivity contribution in [3.63, 3.8) is 0 Å². The van der Waals surface area contributed by atoms with E-state index < -0.39 is 0 Å². The third-order valence-corrected chi connectivity index (χ3v) is 5.52. The first-order valence-electron chi connectivity index (χ1n) is 9.31. The summed E-state index contributed by atoms with van der Waals surface area (Å²) >= 11 is 1.58. The first kappa shape index (κ1) is 19.1. The third-order valence-electron chi connectivity index (χ3n) is 4.46. The van der Waals surface area contributed by atoms with Crippen molar-refractivity contribution in [2.75, 3.05) is 6.61 Å². The Morgan fingerprint density at radius 2 is 1.97 bits per heavy atom. The molecule has 0 fully saturated rings. The molecule has 0 amide bonds. The molecule has 2 heterocycles. The zero-order valence-corrected chi connectivity index (χ0v) is 17.0. The Kier molecular flexibility index (Phi) is 5.57. The van der Waals surface area contributed by atoms with Crippen LogP contribution < -0.4 is 4.74 Å². The van der Waals surface area contributed by atoms with Crippen molar-refractivity contribution in [2.24, 2.45) is 0 Å². The summed E-state index contributed by atoms with van der Waals surface area (Å²) in [4.78, 5) is 20.7. The number of rotatable bonds is 7. The summed E-state index contributed by atoms with van der Waals surface area (Å²) in [5.41, 5.74) is 3.35.